The molecule has 0 saturated heterocycles. The maximum Gasteiger partial charge on any atom is 0.347 e. The Hall–Kier alpha value is -1.47. The molecule has 7 heteroatoms. The van der Waals surface area contributed by atoms with Crippen molar-refractivity contribution in [1.82, 2.24) is 4.98 Å². The van der Waals surface area contributed by atoms with Crippen molar-refractivity contribution in [2.24, 2.45) is 0 Å². The molecule has 1 amide bonds. The largest absolute Gasteiger partial charge is 0.477 e. The number of rotatable bonds is 5. The van der Waals surface area contributed by atoms with Crippen molar-refractivity contribution in [1.29, 1.82) is 0 Å². The summed E-state index contributed by atoms with van der Waals surface area (Å²) < 4.78 is 4.72. The first-order chi connectivity index (χ1) is 7.13. The number of carbonyl (C=O) groups is 2. The van der Waals surface area contributed by atoms with Gasteiger partial charge in [0.1, 0.15) is 4.88 Å². The summed E-state index contributed by atoms with van der Waals surface area (Å²) in [5.41, 5.74) is 0. The number of nitrogens with one attached hydrogen (secondary N) is 1. The van der Waals surface area contributed by atoms with E-state index in [1.165, 1.54) is 13.3 Å². The molecule has 0 fully saturated rings. The van der Waals surface area contributed by atoms with Crippen LogP contribution in [0.15, 0.2) is 6.20 Å². The van der Waals surface area contributed by atoms with Crippen molar-refractivity contribution < 1.29 is 19.4 Å². The molecule has 0 saturated carbocycles. The number of hydrogen-bond acceptors (Lipinski definition) is 5. The molecule has 0 aromatic carbocycles. The fraction of sp³-hybridized carbons (Fsp3) is 0.375. The van der Waals surface area contributed by atoms with E-state index in [1.54, 1.807) is 0 Å². The van der Waals surface area contributed by atoms with Gasteiger partial charge in [-0.3, -0.25) is 4.79 Å². The smallest absolute Gasteiger partial charge is 0.347 e. The van der Waals surface area contributed by atoms with Crippen LogP contribution in [0.2, 0.25) is 0 Å². The van der Waals surface area contributed by atoms with Gasteiger partial charge < -0.3 is 15.2 Å². The number of hydrogen-bond donors (Lipinski definition) is 2. The number of amides is 1. The fourth-order valence-corrected chi connectivity index (χ4v) is 1.48. The second kappa shape index (κ2) is 5.42. The number of aromatic carboxylic acids is 1. The molecular weight excluding hydrogens is 220 g/mol. The zero-order chi connectivity index (χ0) is 11.3. The normalized spacial score (nSPS) is 9.93. The Labute approximate surface area is 89.9 Å². The quantitative estimate of drug-likeness (QED) is 0.781. The third kappa shape index (κ3) is 3.64. The Morgan fingerprint density at radius 2 is 2.40 bits per heavy atom. The predicted molar refractivity (Wildman–Crippen MR) is 54.2 cm³/mol. The lowest BCUT2D eigenvalue weighted by molar-refractivity contribution is -0.117. The molecule has 0 aliphatic carbocycles. The van der Waals surface area contributed by atoms with Gasteiger partial charge >= 0.3 is 5.97 Å². The lowest BCUT2D eigenvalue weighted by atomic mass is 10.4. The predicted octanol–water partition coefficient (Wildman–Crippen LogP) is 0.816. The number of aromatic nitrogens is 1. The molecule has 0 atom stereocenters. The molecular formula is C8H10N2O4S. The molecule has 82 valence electrons. The maximum atomic E-state index is 11.2. The topological polar surface area (TPSA) is 88.5 Å². The second-order valence-corrected chi connectivity index (χ2v) is 3.66. The Bertz CT molecular complexity index is 363. The van der Waals surface area contributed by atoms with E-state index < -0.39 is 5.97 Å². The number of nitrogens with zero attached hydrogens (tertiary/aromatic N) is 1. The van der Waals surface area contributed by atoms with Gasteiger partial charge in [0, 0.05) is 7.11 Å². The molecule has 0 unspecified atom stereocenters. The number of anilines is 1. The van der Waals surface area contributed by atoms with Crippen molar-refractivity contribution >= 4 is 28.3 Å². The van der Waals surface area contributed by atoms with Crippen LogP contribution < -0.4 is 5.32 Å². The molecule has 1 heterocycles. The Kier molecular flexibility index (Phi) is 4.19. The average molecular weight is 230 g/mol. The molecule has 2 N–H and O–H groups in total. The van der Waals surface area contributed by atoms with E-state index >= 15 is 0 Å². The second-order valence-electron chi connectivity index (χ2n) is 2.63. The fourth-order valence-electron chi connectivity index (χ4n) is 0.807. The van der Waals surface area contributed by atoms with E-state index in [9.17, 15) is 9.59 Å². The first kappa shape index (κ1) is 11.6. The molecule has 0 aliphatic rings. The molecule has 1 aromatic heterocycles. The Morgan fingerprint density at radius 3 is 2.93 bits per heavy atom. The molecule has 6 nitrogen and oxygen atoms in total. The summed E-state index contributed by atoms with van der Waals surface area (Å²) in [5, 5.41) is 11.4. The first-order valence-corrected chi connectivity index (χ1v) is 4.93. The number of carboxylic acids is 1. The summed E-state index contributed by atoms with van der Waals surface area (Å²) in [6, 6.07) is 0. The maximum absolute atomic E-state index is 11.2. The highest BCUT2D eigenvalue weighted by molar-refractivity contribution is 7.17. The van der Waals surface area contributed by atoms with E-state index in [1.807, 2.05) is 0 Å². The lowest BCUT2D eigenvalue weighted by Crippen LogP contribution is -2.13. The van der Waals surface area contributed by atoms with Crippen LogP contribution in [-0.2, 0) is 9.53 Å². The summed E-state index contributed by atoms with van der Waals surface area (Å²) >= 11 is 0.919. The number of thiazole rings is 1. The van der Waals surface area contributed by atoms with Crippen molar-refractivity contribution in [2.75, 3.05) is 19.0 Å². The Morgan fingerprint density at radius 1 is 1.67 bits per heavy atom. The number of methoxy groups -OCH3 is 1. The van der Waals surface area contributed by atoms with Crippen molar-refractivity contribution in [3.05, 3.63) is 11.1 Å². The summed E-state index contributed by atoms with van der Waals surface area (Å²) in [5.74, 6) is -1.30. The van der Waals surface area contributed by atoms with Crippen LogP contribution in [-0.4, -0.2) is 35.7 Å². The van der Waals surface area contributed by atoms with E-state index in [2.05, 4.69) is 10.3 Å². The summed E-state index contributed by atoms with van der Waals surface area (Å²) in [6.07, 6.45) is 1.43. The number of carbonyl (C=O) groups excluding carboxylic acids is 1. The third-order valence-electron chi connectivity index (χ3n) is 1.50. The van der Waals surface area contributed by atoms with Gasteiger partial charge in [0.15, 0.2) is 5.13 Å². The van der Waals surface area contributed by atoms with Crippen LogP contribution >= 0.6 is 11.3 Å². The minimum atomic E-state index is -1.05. The van der Waals surface area contributed by atoms with Crippen LogP contribution in [0, 0.1) is 0 Å². The molecule has 0 bridgehead atoms. The minimum Gasteiger partial charge on any atom is -0.477 e. The van der Waals surface area contributed by atoms with Gasteiger partial charge in [0.25, 0.3) is 0 Å². The molecule has 0 radical (unpaired) electrons. The van der Waals surface area contributed by atoms with Crippen LogP contribution in [0.4, 0.5) is 5.13 Å². The minimum absolute atomic E-state index is 0.0945. The zero-order valence-electron chi connectivity index (χ0n) is 8.02. The van der Waals surface area contributed by atoms with Gasteiger partial charge in [0.05, 0.1) is 19.2 Å². The van der Waals surface area contributed by atoms with Crippen LogP contribution in [0.1, 0.15) is 16.1 Å². The zero-order valence-corrected chi connectivity index (χ0v) is 8.84. The van der Waals surface area contributed by atoms with E-state index in [4.69, 9.17) is 9.84 Å². The van der Waals surface area contributed by atoms with Gasteiger partial charge in [-0.1, -0.05) is 11.3 Å². The molecule has 1 rings (SSSR count). The van der Waals surface area contributed by atoms with Gasteiger partial charge in [-0.2, -0.15) is 0 Å². The van der Waals surface area contributed by atoms with E-state index in [-0.39, 0.29) is 22.3 Å². The van der Waals surface area contributed by atoms with Gasteiger partial charge in [0.2, 0.25) is 5.91 Å². The highest BCUT2D eigenvalue weighted by Gasteiger charge is 2.10. The SMILES string of the molecule is COCCC(=O)Nc1ncc(C(=O)O)s1. The number of carboxylic acid groups (broad SMARTS) is 1. The lowest BCUT2D eigenvalue weighted by Gasteiger charge is -1.99. The van der Waals surface area contributed by atoms with Crippen LogP contribution in [0.5, 0.6) is 0 Å². The van der Waals surface area contributed by atoms with Crippen LogP contribution in [0.25, 0.3) is 0 Å². The van der Waals surface area contributed by atoms with Crippen molar-refractivity contribution in [3.8, 4) is 0 Å². The number of ether oxygens (including phenoxy) is 1. The third-order valence-corrected chi connectivity index (χ3v) is 2.40. The van der Waals surface area contributed by atoms with E-state index in [0.29, 0.717) is 6.61 Å². The van der Waals surface area contributed by atoms with E-state index in [0.717, 1.165) is 11.3 Å². The van der Waals surface area contributed by atoms with Gasteiger partial charge in [-0.15, -0.1) is 0 Å². The van der Waals surface area contributed by atoms with Crippen molar-refractivity contribution in [3.63, 3.8) is 0 Å². The first-order valence-electron chi connectivity index (χ1n) is 4.11. The highest BCUT2D eigenvalue weighted by Crippen LogP contribution is 2.17. The van der Waals surface area contributed by atoms with Crippen molar-refractivity contribution in [2.45, 2.75) is 6.42 Å². The standard InChI is InChI=1S/C8H10N2O4S/c1-14-3-2-6(11)10-8-9-4-5(15-8)7(12)13/h4H,2-3H2,1H3,(H,12,13)(H,9,10,11). The molecule has 0 spiro atoms. The molecule has 0 aliphatic heterocycles. The summed E-state index contributed by atoms with van der Waals surface area (Å²) in [6.45, 7) is 0.322. The molecule has 15 heavy (non-hydrogen) atoms. The van der Waals surface area contributed by atoms with Gasteiger partial charge in [-0.05, 0) is 0 Å². The summed E-state index contributed by atoms with van der Waals surface area (Å²) in [7, 11) is 1.50. The molecule has 1 aromatic rings. The Balaban J connectivity index is 2.50. The van der Waals surface area contributed by atoms with Gasteiger partial charge in [-0.25, -0.2) is 9.78 Å². The highest BCUT2D eigenvalue weighted by atomic mass is 32.1. The monoisotopic (exact) mass is 230 g/mol. The van der Waals surface area contributed by atoms with Crippen LogP contribution in [0.3, 0.4) is 0 Å². The summed E-state index contributed by atoms with van der Waals surface area (Å²) in [4.78, 5) is 25.5. The average Bonchev–Trinajstić information content (AvgIpc) is 2.63.